The molecule has 87 heavy (non-hydrogen) atoms. The number of aryl methyl sites for hydroxylation is 8. The highest BCUT2D eigenvalue weighted by Crippen LogP contribution is 2.33. The Morgan fingerprint density at radius 1 is 0.414 bits per heavy atom. The van der Waals surface area contributed by atoms with E-state index in [1.807, 2.05) is 0 Å². The highest BCUT2D eigenvalue weighted by atomic mass is 16.3. The molecule has 0 aromatic carbocycles. The van der Waals surface area contributed by atoms with Crippen molar-refractivity contribution in [2.24, 2.45) is 62.1 Å². The first-order chi connectivity index (χ1) is 41.2. The molecule has 1 aliphatic heterocycles. The molecule has 33 heteroatoms. The first-order valence-corrected chi connectivity index (χ1v) is 26.5. The second-order valence-electron chi connectivity index (χ2n) is 20.5. The van der Waals surface area contributed by atoms with E-state index in [2.05, 4.69) is 63.1 Å². The Kier molecular flexibility index (Phi) is 16.7. The van der Waals surface area contributed by atoms with Gasteiger partial charge < -0.3 is 106 Å². The molecule has 0 unspecified atom stereocenters. The number of imidazole rings is 2. The molecule has 14 N–H and O–H groups in total. The molecule has 33 nitrogen and oxygen atoms in total. The van der Waals surface area contributed by atoms with Gasteiger partial charge in [-0.1, -0.05) is 0 Å². The van der Waals surface area contributed by atoms with Crippen LogP contribution in [0.4, 0.5) is 45.8 Å². The van der Waals surface area contributed by atoms with Crippen molar-refractivity contribution in [2.75, 3.05) is 55.6 Å². The van der Waals surface area contributed by atoms with E-state index < -0.39 is 76.6 Å². The Hall–Kier alpha value is -11.6. The average molecular weight is 1200 g/mol. The van der Waals surface area contributed by atoms with E-state index in [9.17, 15) is 58.2 Å². The number of anilines is 8. The van der Waals surface area contributed by atoms with Gasteiger partial charge in [0.05, 0.1) is 28.8 Å². The molecule has 454 valence electrons. The summed E-state index contributed by atoms with van der Waals surface area (Å²) >= 11 is 0. The number of nitrogens with two attached hydrogens (primary N) is 1. The van der Waals surface area contributed by atoms with E-state index in [4.69, 9.17) is 5.73 Å². The number of nitrogens with zero attached hydrogens (tertiary/aromatic N) is 10. The molecule has 0 saturated carbocycles. The first kappa shape index (κ1) is 60.0. The normalized spacial score (nSPS) is 15.9. The van der Waals surface area contributed by atoms with Gasteiger partial charge in [0.25, 0.3) is 47.3 Å². The van der Waals surface area contributed by atoms with Gasteiger partial charge >= 0.3 is 0 Å². The van der Waals surface area contributed by atoms with Crippen LogP contribution in [0.3, 0.4) is 0 Å². The van der Waals surface area contributed by atoms with E-state index in [1.165, 1.54) is 139 Å². The van der Waals surface area contributed by atoms with Crippen molar-refractivity contribution in [3.05, 3.63) is 120 Å². The lowest BCUT2D eigenvalue weighted by Gasteiger charge is -2.12. The molecule has 0 fully saturated rings. The topological polar surface area (TPSA) is 423 Å². The highest BCUT2D eigenvalue weighted by molar-refractivity contribution is 6.12. The number of amides is 10. The van der Waals surface area contributed by atoms with Gasteiger partial charge in [0.15, 0.2) is 34.5 Å². The average Bonchev–Trinajstić information content (AvgIpc) is 2.82. The summed E-state index contributed by atoms with van der Waals surface area (Å²) in [6, 6.07) is 4.49. The predicted octanol–water partition coefficient (Wildman–Crippen LogP) is 1.66. The zero-order chi connectivity index (χ0) is 62.9. The fraction of sp³-hybridized carbons (Fsp3) is 0.259. The molecule has 9 rings (SSSR count). The third kappa shape index (κ3) is 13.0. The summed E-state index contributed by atoms with van der Waals surface area (Å²) in [5, 5.41) is 48.7. The van der Waals surface area contributed by atoms with Gasteiger partial charge in [-0.05, 0) is 37.1 Å². The van der Waals surface area contributed by atoms with Gasteiger partial charge in [-0.15, -0.1) is 0 Å². The lowest BCUT2D eigenvalue weighted by molar-refractivity contribution is -0.117. The van der Waals surface area contributed by atoms with Crippen molar-refractivity contribution in [2.45, 2.75) is 25.3 Å². The molecule has 1 atom stereocenters. The Bertz CT molecular complexity index is 4140. The van der Waals surface area contributed by atoms with Crippen LogP contribution in [-0.4, -0.2) is 135 Å². The van der Waals surface area contributed by atoms with Gasteiger partial charge in [-0.25, -0.2) is 9.97 Å². The highest BCUT2D eigenvalue weighted by Gasteiger charge is 2.28. The summed E-state index contributed by atoms with van der Waals surface area (Å²) in [4.78, 5) is 142. The number of fused-ring (bicyclic) bond motifs is 16. The number of rotatable bonds is 0. The lowest BCUT2D eigenvalue weighted by atomic mass is 10.2. The van der Waals surface area contributed by atoms with E-state index in [-0.39, 0.29) is 124 Å². The molecule has 8 aromatic heterocycles. The summed E-state index contributed by atoms with van der Waals surface area (Å²) in [6.07, 6.45) is 11.4. The smallest absolute Gasteiger partial charge is 0.291 e. The van der Waals surface area contributed by atoms with Crippen LogP contribution in [0.25, 0.3) is 0 Å². The van der Waals surface area contributed by atoms with Gasteiger partial charge in [0.2, 0.25) is 23.5 Å². The number of hydrogen-bond acceptors (Lipinski definition) is 15. The molecular weight excluding hydrogens is 1130 g/mol. The van der Waals surface area contributed by atoms with Crippen LogP contribution < -0.4 is 58.9 Å². The minimum atomic E-state index is -1.16. The molecule has 0 radical (unpaired) electrons. The van der Waals surface area contributed by atoms with Gasteiger partial charge in [0.1, 0.15) is 34.2 Å². The minimum absolute atomic E-state index is 0.0315. The van der Waals surface area contributed by atoms with E-state index >= 15 is 0 Å². The number of hydrogen-bond donors (Lipinski definition) is 13. The van der Waals surface area contributed by atoms with Gasteiger partial charge in [-0.2, -0.15) is 0 Å². The second-order valence-corrected chi connectivity index (χ2v) is 20.5. The Labute approximate surface area is 492 Å². The fourth-order valence-corrected chi connectivity index (χ4v) is 9.51. The largest absolute Gasteiger partial charge is 0.504 e. The fourth-order valence-electron chi connectivity index (χ4n) is 9.51. The van der Waals surface area contributed by atoms with Gasteiger partial charge in [0, 0.05) is 125 Å². The van der Waals surface area contributed by atoms with Crippen molar-refractivity contribution < 1.29 is 58.2 Å². The SMILES string of the molecule is Cn1cc2cc1C(=O)NCCCC(=O)Nc1cn(C)c(n1)C(=O)Nc1cn(C)c(c1O)C(=O)Nc1cc(n(C)c1)C(=O)Nc1cc(n(C)c1)C(=O)NCC[C@@H](N)C(=O)Nc1cn(C)c(n1)C(=O)Nc1cn(C)c(c1O)C(=O)Nc1cc(n(C)c1)C(=O)N2. The van der Waals surface area contributed by atoms with Crippen molar-refractivity contribution in [1.82, 2.24) is 57.1 Å². The molecule has 8 aromatic rings. The quantitative estimate of drug-likeness (QED) is 0.103. The van der Waals surface area contributed by atoms with Crippen molar-refractivity contribution in [3.63, 3.8) is 0 Å². The molecule has 0 spiro atoms. The Morgan fingerprint density at radius 2 is 0.782 bits per heavy atom. The van der Waals surface area contributed by atoms with E-state index in [0.717, 1.165) is 0 Å². The molecule has 10 amide bonds. The third-order valence-electron chi connectivity index (χ3n) is 13.8. The molecule has 1 aliphatic rings. The second kappa shape index (κ2) is 24.3. The number of nitrogens with one attached hydrogen (secondary N) is 10. The van der Waals surface area contributed by atoms with Crippen LogP contribution in [0.2, 0.25) is 0 Å². The predicted molar refractivity (Wildman–Crippen MR) is 314 cm³/mol. The minimum Gasteiger partial charge on any atom is -0.504 e. The van der Waals surface area contributed by atoms with Crippen LogP contribution in [0.15, 0.2) is 73.8 Å². The molecule has 16 bridgehead atoms. The van der Waals surface area contributed by atoms with E-state index in [0.29, 0.717) is 0 Å². The third-order valence-corrected chi connectivity index (χ3v) is 13.8. The molecule has 9 heterocycles. The summed E-state index contributed by atoms with van der Waals surface area (Å²) in [6.45, 7) is 0.0250. The van der Waals surface area contributed by atoms with E-state index in [1.54, 1.807) is 28.2 Å². The molecular formula is C54H61N21O12. The molecule has 0 aliphatic carbocycles. The summed E-state index contributed by atoms with van der Waals surface area (Å²) in [5.74, 6) is -8.19. The van der Waals surface area contributed by atoms with Crippen LogP contribution in [0.1, 0.15) is 103 Å². The summed E-state index contributed by atoms with van der Waals surface area (Å²) in [7, 11) is 12.2. The van der Waals surface area contributed by atoms with Crippen LogP contribution in [0, 0.1) is 0 Å². The molecule has 0 saturated heterocycles. The van der Waals surface area contributed by atoms with Crippen LogP contribution in [-0.2, 0) is 66.0 Å². The maximum Gasteiger partial charge on any atom is 0.291 e. The monoisotopic (exact) mass is 1200 g/mol. The van der Waals surface area contributed by atoms with Crippen molar-refractivity contribution in [1.29, 1.82) is 0 Å². The first-order valence-electron chi connectivity index (χ1n) is 26.5. The number of carbonyl (C=O) groups excluding carboxylic acids is 10. The standard InChI is InChI=1S/C54H61N21O12/c1-68-18-26-14-33(68)47(80)56-12-9-10-39(76)64-37-24-74(7)44(65-37)53(86)62-31-22-72(5)40(42(31)77)51(84)60-29-17-36(71(4)21-29)50(83)59-27-15-34(69(2)19-27)48(81)57-13-11-30(55)46(79)67-38-25-75(8)45(66-38)54(87)63-32-23-73(6)41(43(32)78)52(85)61-28-16-35(49(82)58-26)70(3)20-28/h14-25,30,77-78H,9-13,55H2,1-8H3,(H,56,80)(H,57,81)(H,58,82)(H,59,83)(H,60,84)(H,61,85)(H,62,86)(H,63,87)(H,64,76)(H,67,79)/t30-/m1/s1. The Balaban J connectivity index is 0.894. The maximum atomic E-state index is 13.6. The number of aromatic hydroxyl groups is 2. The number of carbonyl (C=O) groups is 10. The zero-order valence-corrected chi connectivity index (χ0v) is 48.1. The summed E-state index contributed by atoms with van der Waals surface area (Å²) < 4.78 is 11.0. The summed E-state index contributed by atoms with van der Waals surface area (Å²) in [5.41, 5.74) is 6.75. The zero-order valence-electron chi connectivity index (χ0n) is 48.1. The Morgan fingerprint density at radius 3 is 1.20 bits per heavy atom. The number of aromatic nitrogens is 10. The van der Waals surface area contributed by atoms with Crippen LogP contribution in [0.5, 0.6) is 11.5 Å². The van der Waals surface area contributed by atoms with Gasteiger partial charge in [-0.3, -0.25) is 47.9 Å². The van der Waals surface area contributed by atoms with Crippen molar-refractivity contribution >= 4 is 105 Å². The van der Waals surface area contributed by atoms with Crippen molar-refractivity contribution in [3.8, 4) is 11.5 Å². The maximum absolute atomic E-state index is 13.6. The lowest BCUT2D eigenvalue weighted by Crippen LogP contribution is -2.39. The van der Waals surface area contributed by atoms with Crippen LogP contribution >= 0.6 is 0 Å².